The van der Waals surface area contributed by atoms with Crippen LogP contribution in [-0.2, 0) is 4.79 Å². The van der Waals surface area contributed by atoms with Crippen LogP contribution in [0.1, 0.15) is 37.7 Å². The lowest BCUT2D eigenvalue weighted by Crippen LogP contribution is -2.38. The van der Waals surface area contributed by atoms with Gasteiger partial charge in [0.25, 0.3) is 0 Å². The number of piperidine rings is 1. The number of hydrogen-bond donors (Lipinski definition) is 1. The van der Waals surface area contributed by atoms with Crippen LogP contribution < -0.4 is 10.2 Å². The minimum Gasteiger partial charge on any atom is -0.372 e. The van der Waals surface area contributed by atoms with Crippen molar-refractivity contribution in [1.82, 2.24) is 5.32 Å². The molecular weight excluding hydrogens is 293 g/mol. The van der Waals surface area contributed by atoms with Gasteiger partial charge in [0, 0.05) is 25.3 Å². The van der Waals surface area contributed by atoms with Crippen LogP contribution in [0.2, 0.25) is 0 Å². The number of nitrogens with one attached hydrogen (secondary N) is 1. The van der Waals surface area contributed by atoms with E-state index >= 15 is 0 Å². The lowest BCUT2D eigenvalue weighted by Gasteiger charge is -2.29. The van der Waals surface area contributed by atoms with Crippen molar-refractivity contribution in [3.05, 3.63) is 29.8 Å². The third-order valence-corrected chi connectivity index (χ3v) is 4.01. The molecule has 0 saturated carbocycles. The number of hydrogen-bond acceptors (Lipinski definition) is 2. The van der Waals surface area contributed by atoms with E-state index in [1.54, 1.807) is 6.92 Å². The van der Waals surface area contributed by atoms with Crippen LogP contribution in [0.5, 0.6) is 0 Å². The van der Waals surface area contributed by atoms with E-state index in [2.05, 4.69) is 4.90 Å². The zero-order chi connectivity index (χ0) is 16.2. The summed E-state index contributed by atoms with van der Waals surface area (Å²) in [6.45, 7) is 3.88. The van der Waals surface area contributed by atoms with Crippen molar-refractivity contribution in [3.63, 3.8) is 0 Å². The van der Waals surface area contributed by atoms with Gasteiger partial charge < -0.3 is 10.2 Å². The summed E-state index contributed by atoms with van der Waals surface area (Å²) < 4.78 is 36.4. The molecule has 0 spiro atoms. The minimum absolute atomic E-state index is 0.0264. The molecule has 0 unspecified atom stereocenters. The van der Waals surface area contributed by atoms with Crippen molar-refractivity contribution in [1.29, 1.82) is 0 Å². The molecule has 1 N–H and O–H groups in total. The van der Waals surface area contributed by atoms with Crippen molar-refractivity contribution in [2.24, 2.45) is 0 Å². The minimum atomic E-state index is -4.82. The summed E-state index contributed by atoms with van der Waals surface area (Å²) >= 11 is 0. The Bertz CT molecular complexity index is 493. The van der Waals surface area contributed by atoms with E-state index < -0.39 is 12.1 Å². The number of nitrogens with zero attached hydrogens (tertiary/aromatic N) is 1. The predicted octanol–water partition coefficient (Wildman–Crippen LogP) is 3.46. The van der Waals surface area contributed by atoms with Crippen molar-refractivity contribution in [3.8, 4) is 0 Å². The van der Waals surface area contributed by atoms with E-state index in [-0.39, 0.29) is 12.5 Å². The number of carbonyl (C=O) groups is 1. The number of carbonyl (C=O) groups excluding carboxylic acids is 1. The van der Waals surface area contributed by atoms with E-state index in [4.69, 9.17) is 0 Å². The monoisotopic (exact) mass is 314 g/mol. The maximum atomic E-state index is 12.1. The summed E-state index contributed by atoms with van der Waals surface area (Å²) in [5, 5.41) is 1.92. The third kappa shape index (κ3) is 4.39. The Labute approximate surface area is 128 Å². The van der Waals surface area contributed by atoms with Gasteiger partial charge in [0.1, 0.15) is 0 Å². The number of rotatable bonds is 4. The Morgan fingerprint density at radius 3 is 2.32 bits per heavy atom. The summed E-state index contributed by atoms with van der Waals surface area (Å²) in [6, 6.07) is 7.86. The van der Waals surface area contributed by atoms with Gasteiger partial charge in [-0.2, -0.15) is 13.2 Å². The van der Waals surface area contributed by atoms with E-state index in [0.717, 1.165) is 24.3 Å². The molecule has 0 bridgehead atoms. The van der Waals surface area contributed by atoms with Gasteiger partial charge in [0.2, 0.25) is 0 Å². The zero-order valence-corrected chi connectivity index (χ0v) is 12.6. The van der Waals surface area contributed by atoms with Crippen molar-refractivity contribution in [2.75, 3.05) is 24.5 Å². The van der Waals surface area contributed by atoms with Gasteiger partial charge in [-0.1, -0.05) is 19.1 Å². The first-order valence-corrected chi connectivity index (χ1v) is 7.58. The first-order chi connectivity index (χ1) is 10.4. The Kier molecular flexibility index (Phi) is 5.32. The summed E-state index contributed by atoms with van der Waals surface area (Å²) in [7, 11) is 0. The number of benzene rings is 1. The summed E-state index contributed by atoms with van der Waals surface area (Å²) in [4.78, 5) is 13.1. The lowest BCUT2D eigenvalue weighted by atomic mass is 10.0. The van der Waals surface area contributed by atoms with Crippen LogP contribution in [-0.4, -0.2) is 31.7 Å². The fraction of sp³-hybridized carbons (Fsp3) is 0.562. The molecule has 1 aromatic carbocycles. The van der Waals surface area contributed by atoms with Crippen LogP contribution in [0, 0.1) is 0 Å². The fourth-order valence-electron chi connectivity index (χ4n) is 2.63. The second-order valence-corrected chi connectivity index (χ2v) is 5.75. The highest BCUT2D eigenvalue weighted by Crippen LogP contribution is 2.23. The normalized spacial score (nSPS) is 17.2. The summed E-state index contributed by atoms with van der Waals surface area (Å²) in [6.07, 6.45) is -1.16. The van der Waals surface area contributed by atoms with Crippen LogP contribution in [0.25, 0.3) is 0 Å². The van der Waals surface area contributed by atoms with Gasteiger partial charge in [-0.05, 0) is 42.9 Å². The molecule has 1 aromatic rings. The quantitative estimate of drug-likeness (QED) is 0.923. The SMILES string of the molecule is C[C@@H](CNC(=O)C(F)(F)F)c1ccc(N2CCCCC2)cc1. The molecule has 0 aromatic heterocycles. The topological polar surface area (TPSA) is 32.3 Å². The first kappa shape index (κ1) is 16.6. The highest BCUT2D eigenvalue weighted by atomic mass is 19.4. The molecule has 1 amide bonds. The highest BCUT2D eigenvalue weighted by Gasteiger charge is 2.38. The van der Waals surface area contributed by atoms with Gasteiger partial charge in [0.05, 0.1) is 0 Å². The largest absolute Gasteiger partial charge is 0.471 e. The average molecular weight is 314 g/mol. The van der Waals surface area contributed by atoms with Crippen molar-refractivity contribution in [2.45, 2.75) is 38.3 Å². The van der Waals surface area contributed by atoms with E-state index in [1.807, 2.05) is 29.6 Å². The Morgan fingerprint density at radius 2 is 1.77 bits per heavy atom. The first-order valence-electron chi connectivity index (χ1n) is 7.58. The Balaban J connectivity index is 1.90. The molecule has 122 valence electrons. The Morgan fingerprint density at radius 1 is 1.18 bits per heavy atom. The molecule has 6 heteroatoms. The van der Waals surface area contributed by atoms with Gasteiger partial charge in [-0.25, -0.2) is 0 Å². The molecular formula is C16H21F3N2O. The molecule has 22 heavy (non-hydrogen) atoms. The molecule has 1 atom stereocenters. The van der Waals surface area contributed by atoms with E-state index in [1.165, 1.54) is 19.3 Å². The smallest absolute Gasteiger partial charge is 0.372 e. The third-order valence-electron chi connectivity index (χ3n) is 4.01. The van der Waals surface area contributed by atoms with Crippen LogP contribution in [0.15, 0.2) is 24.3 Å². The summed E-state index contributed by atoms with van der Waals surface area (Å²) in [5.41, 5.74) is 2.07. The molecule has 3 nitrogen and oxygen atoms in total. The van der Waals surface area contributed by atoms with Crippen LogP contribution >= 0.6 is 0 Å². The van der Waals surface area contributed by atoms with Crippen molar-refractivity contribution >= 4 is 11.6 Å². The summed E-state index contributed by atoms with van der Waals surface area (Å²) in [5.74, 6) is -2.05. The average Bonchev–Trinajstić information content (AvgIpc) is 2.52. The van der Waals surface area contributed by atoms with Gasteiger partial charge in [0.15, 0.2) is 0 Å². The zero-order valence-electron chi connectivity index (χ0n) is 12.6. The number of halogens is 3. The molecule has 0 aliphatic carbocycles. The molecule has 1 heterocycles. The molecule has 0 radical (unpaired) electrons. The van der Waals surface area contributed by atoms with Gasteiger partial charge >= 0.3 is 12.1 Å². The van der Waals surface area contributed by atoms with Gasteiger partial charge in [-0.3, -0.25) is 4.79 Å². The number of amides is 1. The fourth-order valence-corrected chi connectivity index (χ4v) is 2.63. The molecule has 1 saturated heterocycles. The van der Waals surface area contributed by atoms with Crippen LogP contribution in [0.3, 0.4) is 0 Å². The maximum Gasteiger partial charge on any atom is 0.471 e. The maximum absolute atomic E-state index is 12.1. The molecule has 2 rings (SSSR count). The molecule has 1 fully saturated rings. The second-order valence-electron chi connectivity index (χ2n) is 5.75. The number of anilines is 1. The lowest BCUT2D eigenvalue weighted by molar-refractivity contribution is -0.173. The van der Waals surface area contributed by atoms with Crippen LogP contribution in [0.4, 0.5) is 18.9 Å². The van der Waals surface area contributed by atoms with Gasteiger partial charge in [-0.15, -0.1) is 0 Å². The predicted molar refractivity (Wildman–Crippen MR) is 80.0 cm³/mol. The molecule has 1 aliphatic heterocycles. The Hall–Kier alpha value is -1.72. The van der Waals surface area contributed by atoms with E-state index in [9.17, 15) is 18.0 Å². The molecule has 1 aliphatic rings. The van der Waals surface area contributed by atoms with Crippen molar-refractivity contribution < 1.29 is 18.0 Å². The van der Waals surface area contributed by atoms with E-state index in [0.29, 0.717) is 0 Å². The second kappa shape index (κ2) is 7.03. The standard InChI is InChI=1S/C16H21F3N2O/c1-12(11-20-15(22)16(17,18)19)13-5-7-14(8-6-13)21-9-3-2-4-10-21/h5-8,12H,2-4,9-11H2,1H3,(H,20,22)/t12-/m0/s1. The highest BCUT2D eigenvalue weighted by molar-refractivity contribution is 5.81. The number of alkyl halides is 3.